The van der Waals surface area contributed by atoms with Crippen LogP contribution in [0.4, 0.5) is 5.69 Å². The summed E-state index contributed by atoms with van der Waals surface area (Å²) >= 11 is 0. The molecule has 0 aliphatic heterocycles. The van der Waals surface area contributed by atoms with Gasteiger partial charge in [0.2, 0.25) is 5.91 Å². The van der Waals surface area contributed by atoms with Gasteiger partial charge in [-0.15, -0.1) is 0 Å². The third-order valence-electron chi connectivity index (χ3n) is 3.57. The van der Waals surface area contributed by atoms with E-state index in [2.05, 4.69) is 23.7 Å². The smallest absolute Gasteiger partial charge is 0.224 e. The summed E-state index contributed by atoms with van der Waals surface area (Å²) in [5.41, 5.74) is 0.814. The van der Waals surface area contributed by atoms with E-state index in [0.717, 1.165) is 30.8 Å². The molecule has 0 aliphatic rings. The SMILES string of the molecule is CC(C)COc1ccc(NC(=O)CCCC[n+]2ccccc2)cc1.[Br-]. The Balaban J connectivity index is 0.00000312. The zero-order valence-electron chi connectivity index (χ0n) is 15.0. The summed E-state index contributed by atoms with van der Waals surface area (Å²) in [6.07, 6.45) is 6.50. The van der Waals surface area contributed by atoms with Crippen molar-refractivity contribution in [1.29, 1.82) is 0 Å². The highest BCUT2D eigenvalue weighted by Gasteiger charge is 2.05. The van der Waals surface area contributed by atoms with E-state index in [0.29, 0.717) is 18.9 Å². The van der Waals surface area contributed by atoms with Crippen molar-refractivity contribution in [3.05, 3.63) is 54.9 Å². The summed E-state index contributed by atoms with van der Waals surface area (Å²) in [5, 5.41) is 2.93. The molecule has 1 heterocycles. The van der Waals surface area contributed by atoms with Gasteiger partial charge in [0, 0.05) is 30.7 Å². The van der Waals surface area contributed by atoms with Gasteiger partial charge in [-0.1, -0.05) is 19.9 Å². The minimum Gasteiger partial charge on any atom is -1.00 e. The van der Waals surface area contributed by atoms with Crippen molar-refractivity contribution in [3.63, 3.8) is 0 Å². The molecule has 2 aromatic rings. The first kappa shape index (κ1) is 21.2. The molecule has 0 aliphatic carbocycles. The quantitative estimate of drug-likeness (QED) is 0.494. The summed E-state index contributed by atoms with van der Waals surface area (Å²) in [6, 6.07) is 13.6. The molecule has 0 fully saturated rings. The molecule has 0 atom stereocenters. The first-order valence-electron chi connectivity index (χ1n) is 8.60. The van der Waals surface area contributed by atoms with E-state index >= 15 is 0 Å². The summed E-state index contributed by atoms with van der Waals surface area (Å²) in [4.78, 5) is 12.0. The number of halogens is 1. The fourth-order valence-electron chi connectivity index (χ4n) is 2.28. The van der Waals surface area contributed by atoms with Crippen molar-refractivity contribution in [2.24, 2.45) is 5.92 Å². The number of rotatable bonds is 9. The van der Waals surface area contributed by atoms with Crippen molar-refractivity contribution in [2.45, 2.75) is 39.7 Å². The second-order valence-corrected chi connectivity index (χ2v) is 6.35. The predicted molar refractivity (Wildman–Crippen MR) is 95.9 cm³/mol. The topological polar surface area (TPSA) is 42.2 Å². The van der Waals surface area contributed by atoms with Crippen LogP contribution in [0.3, 0.4) is 0 Å². The minimum atomic E-state index is 0. The maximum atomic E-state index is 12.0. The number of carbonyl (C=O) groups excluding carboxylic acids is 1. The highest BCUT2D eigenvalue weighted by atomic mass is 79.9. The van der Waals surface area contributed by atoms with Crippen LogP contribution < -0.4 is 31.6 Å². The number of nitrogens with zero attached hydrogens (tertiary/aromatic N) is 1. The highest BCUT2D eigenvalue weighted by Crippen LogP contribution is 2.16. The number of amides is 1. The number of aryl methyl sites for hydroxylation is 1. The molecule has 2 rings (SSSR count). The lowest BCUT2D eigenvalue weighted by Crippen LogP contribution is -3.00. The van der Waals surface area contributed by atoms with Gasteiger partial charge in [0.25, 0.3) is 0 Å². The predicted octanol–water partition coefficient (Wildman–Crippen LogP) is 0.822. The lowest BCUT2D eigenvalue weighted by atomic mass is 10.2. The second-order valence-electron chi connectivity index (χ2n) is 6.35. The van der Waals surface area contributed by atoms with E-state index in [-0.39, 0.29) is 22.9 Å². The number of hydrogen-bond acceptors (Lipinski definition) is 2. The molecule has 5 heteroatoms. The van der Waals surface area contributed by atoms with Crippen LogP contribution in [0.15, 0.2) is 54.9 Å². The fraction of sp³-hybridized carbons (Fsp3) is 0.400. The third-order valence-corrected chi connectivity index (χ3v) is 3.57. The molecule has 1 aromatic heterocycles. The summed E-state index contributed by atoms with van der Waals surface area (Å²) in [6.45, 7) is 5.87. The molecule has 1 N–H and O–H groups in total. The standard InChI is InChI=1S/C20H26N2O2.BrH/c1-17(2)16-24-19-11-9-18(10-12-19)21-20(23)8-4-7-15-22-13-5-3-6-14-22;/h3,5-6,9-14,17H,4,7-8,15-16H2,1-2H3;1H. The van der Waals surface area contributed by atoms with Crippen LogP contribution in [0.25, 0.3) is 0 Å². The number of nitrogens with one attached hydrogen (secondary N) is 1. The van der Waals surface area contributed by atoms with Gasteiger partial charge in [0.05, 0.1) is 6.61 Å². The zero-order valence-corrected chi connectivity index (χ0v) is 16.5. The van der Waals surface area contributed by atoms with Crippen LogP contribution in [0.2, 0.25) is 0 Å². The van der Waals surface area contributed by atoms with E-state index in [1.54, 1.807) is 0 Å². The Morgan fingerprint density at radius 3 is 2.40 bits per heavy atom. The van der Waals surface area contributed by atoms with Gasteiger partial charge in [0.1, 0.15) is 12.3 Å². The molecular formula is C20H27BrN2O2. The van der Waals surface area contributed by atoms with Crippen molar-refractivity contribution in [1.82, 2.24) is 0 Å². The normalized spacial score (nSPS) is 10.2. The third kappa shape index (κ3) is 8.68. The molecule has 0 saturated heterocycles. The number of anilines is 1. The number of pyridine rings is 1. The molecule has 1 amide bonds. The van der Waals surface area contributed by atoms with E-state index in [1.165, 1.54) is 0 Å². The maximum absolute atomic E-state index is 12.0. The van der Waals surface area contributed by atoms with Crippen molar-refractivity contribution < 1.29 is 31.1 Å². The molecule has 25 heavy (non-hydrogen) atoms. The molecule has 136 valence electrons. The molecule has 0 spiro atoms. The minimum absolute atomic E-state index is 0. The Morgan fingerprint density at radius 2 is 1.76 bits per heavy atom. The van der Waals surface area contributed by atoms with Crippen molar-refractivity contribution in [2.75, 3.05) is 11.9 Å². The Labute approximate surface area is 161 Å². The first-order chi connectivity index (χ1) is 11.6. The first-order valence-corrected chi connectivity index (χ1v) is 8.60. The summed E-state index contributed by atoms with van der Waals surface area (Å²) < 4.78 is 7.77. The zero-order chi connectivity index (χ0) is 17.2. The van der Waals surface area contributed by atoms with Crippen LogP contribution in [0.5, 0.6) is 5.75 Å². The van der Waals surface area contributed by atoms with Crippen LogP contribution in [0.1, 0.15) is 33.1 Å². The molecule has 4 nitrogen and oxygen atoms in total. The number of aromatic nitrogens is 1. The lowest BCUT2D eigenvalue weighted by molar-refractivity contribution is -0.697. The maximum Gasteiger partial charge on any atom is 0.224 e. The summed E-state index contributed by atoms with van der Waals surface area (Å²) in [5.74, 6) is 1.39. The van der Waals surface area contributed by atoms with Crippen LogP contribution >= 0.6 is 0 Å². The number of ether oxygens (including phenoxy) is 1. The van der Waals surface area contributed by atoms with Gasteiger partial charge in [0.15, 0.2) is 12.4 Å². The number of benzene rings is 1. The summed E-state index contributed by atoms with van der Waals surface area (Å²) in [7, 11) is 0. The average molecular weight is 407 g/mol. The molecule has 0 saturated carbocycles. The Morgan fingerprint density at radius 1 is 1.08 bits per heavy atom. The van der Waals surface area contributed by atoms with Crippen molar-refractivity contribution >= 4 is 11.6 Å². The second kappa shape index (κ2) is 11.6. The molecule has 1 aromatic carbocycles. The Bertz CT molecular complexity index is 615. The van der Waals surface area contributed by atoms with Gasteiger partial charge < -0.3 is 27.0 Å². The van der Waals surface area contributed by atoms with Gasteiger partial charge in [-0.2, -0.15) is 0 Å². The number of unbranched alkanes of at least 4 members (excludes halogenated alkanes) is 1. The molecule has 0 bridgehead atoms. The van der Waals surface area contributed by atoms with E-state index in [4.69, 9.17) is 4.74 Å². The number of hydrogen-bond donors (Lipinski definition) is 1. The molecular weight excluding hydrogens is 380 g/mol. The van der Waals surface area contributed by atoms with E-state index in [9.17, 15) is 4.79 Å². The van der Waals surface area contributed by atoms with Gasteiger partial charge in [-0.3, -0.25) is 4.79 Å². The number of carbonyl (C=O) groups is 1. The average Bonchev–Trinajstić information content (AvgIpc) is 2.59. The Kier molecular flexibility index (Phi) is 9.85. The van der Waals surface area contributed by atoms with Crippen molar-refractivity contribution in [3.8, 4) is 5.75 Å². The van der Waals surface area contributed by atoms with Crippen LogP contribution in [-0.2, 0) is 11.3 Å². The van der Waals surface area contributed by atoms with Crippen LogP contribution in [-0.4, -0.2) is 12.5 Å². The lowest BCUT2D eigenvalue weighted by Gasteiger charge is -2.10. The molecule has 0 radical (unpaired) electrons. The monoisotopic (exact) mass is 406 g/mol. The van der Waals surface area contributed by atoms with E-state index in [1.807, 2.05) is 54.9 Å². The highest BCUT2D eigenvalue weighted by molar-refractivity contribution is 5.90. The van der Waals surface area contributed by atoms with Gasteiger partial charge >= 0.3 is 0 Å². The van der Waals surface area contributed by atoms with Crippen LogP contribution in [0, 0.1) is 5.92 Å². The molecule has 0 unspecified atom stereocenters. The van der Waals surface area contributed by atoms with E-state index < -0.39 is 0 Å². The van der Waals surface area contributed by atoms with Gasteiger partial charge in [-0.25, -0.2) is 4.57 Å². The Hall–Kier alpha value is -1.88. The fourth-order valence-corrected chi connectivity index (χ4v) is 2.28. The van der Waals surface area contributed by atoms with Gasteiger partial charge in [-0.05, 0) is 36.6 Å². The largest absolute Gasteiger partial charge is 1.00 e.